The zero-order valence-electron chi connectivity index (χ0n) is 25.4. The summed E-state index contributed by atoms with van der Waals surface area (Å²) < 4.78 is 0. The van der Waals surface area contributed by atoms with Crippen LogP contribution in [0.4, 0.5) is 0 Å². The summed E-state index contributed by atoms with van der Waals surface area (Å²) in [4.78, 5) is 32.3. The van der Waals surface area contributed by atoms with Crippen LogP contribution in [0.25, 0.3) is 0 Å². The topological polar surface area (TPSA) is 120 Å². The molecule has 0 saturated heterocycles. The molecule has 222 valence electrons. The van der Waals surface area contributed by atoms with Crippen molar-refractivity contribution < 1.29 is 68.3 Å². The van der Waals surface area contributed by atoms with Crippen molar-refractivity contribution in [1.29, 1.82) is 0 Å². The standard InChI is InChI=1S/3C10H20O2.Tb/c2*1-4-6-7-8-10(3,5-2)9(11)12;1-4-6-8-10(3,7-5-2)9(11)12;/h3*4-8H2,1-3H3,(H,11,12);/q;;;+3/p-3. The molecule has 0 amide bonds. The van der Waals surface area contributed by atoms with E-state index in [0.717, 1.165) is 83.5 Å². The van der Waals surface area contributed by atoms with Crippen LogP contribution < -0.4 is 15.3 Å². The van der Waals surface area contributed by atoms with Gasteiger partial charge in [0.15, 0.2) is 0 Å². The van der Waals surface area contributed by atoms with Crippen LogP contribution in [-0.2, 0) is 14.4 Å². The molecule has 3 atom stereocenters. The monoisotopic (exact) mass is 672 g/mol. The van der Waals surface area contributed by atoms with E-state index < -0.39 is 34.2 Å². The maximum absolute atomic E-state index is 10.8. The van der Waals surface area contributed by atoms with Gasteiger partial charge < -0.3 is 29.7 Å². The molecule has 0 heterocycles. The van der Waals surface area contributed by atoms with Crippen molar-refractivity contribution in [2.75, 3.05) is 0 Å². The predicted octanol–water partition coefficient (Wildman–Crippen LogP) is 5.20. The zero-order chi connectivity index (χ0) is 28.8. The van der Waals surface area contributed by atoms with E-state index in [-0.39, 0.29) is 38.6 Å². The third-order valence-corrected chi connectivity index (χ3v) is 7.59. The largest absolute Gasteiger partial charge is 3.00 e. The van der Waals surface area contributed by atoms with Gasteiger partial charge in [-0.2, -0.15) is 0 Å². The Morgan fingerprint density at radius 2 is 0.757 bits per heavy atom. The molecule has 0 fully saturated rings. The average Bonchev–Trinajstić information content (AvgIpc) is 2.83. The fourth-order valence-electron chi connectivity index (χ4n) is 3.82. The minimum absolute atomic E-state index is 0. The quantitative estimate of drug-likeness (QED) is 0.185. The molecule has 37 heavy (non-hydrogen) atoms. The first kappa shape index (κ1) is 43.7. The average molecular weight is 673 g/mol. The van der Waals surface area contributed by atoms with Gasteiger partial charge in [-0.1, -0.05) is 120 Å². The zero-order valence-corrected chi connectivity index (χ0v) is 27.5. The summed E-state index contributed by atoms with van der Waals surface area (Å²) in [6, 6.07) is 0. The van der Waals surface area contributed by atoms with Crippen LogP contribution in [-0.4, -0.2) is 17.9 Å². The number of carboxylic acids is 3. The van der Waals surface area contributed by atoms with Gasteiger partial charge in [0.25, 0.3) is 0 Å². The molecular formula is C30H57O6Tb. The summed E-state index contributed by atoms with van der Waals surface area (Å²) in [5.74, 6) is -2.69. The molecule has 0 radical (unpaired) electrons. The molecular weight excluding hydrogens is 615 g/mol. The Kier molecular flexibility index (Phi) is 29.2. The Morgan fingerprint density at radius 1 is 0.459 bits per heavy atom. The number of unbranched alkanes of at least 4 members (excludes halogenated alkanes) is 5. The van der Waals surface area contributed by atoms with E-state index in [4.69, 9.17) is 0 Å². The molecule has 6 nitrogen and oxygen atoms in total. The number of hydrogen-bond donors (Lipinski definition) is 0. The molecule has 0 rings (SSSR count). The third-order valence-electron chi connectivity index (χ3n) is 7.59. The first-order chi connectivity index (χ1) is 16.7. The molecule has 7 heteroatoms. The Balaban J connectivity index is -0.000000218. The fraction of sp³-hybridized carbons (Fsp3) is 0.900. The van der Waals surface area contributed by atoms with Gasteiger partial charge in [0.1, 0.15) is 0 Å². The Labute approximate surface area is 259 Å². The van der Waals surface area contributed by atoms with Crippen molar-refractivity contribution >= 4 is 17.9 Å². The fourth-order valence-corrected chi connectivity index (χ4v) is 3.82. The van der Waals surface area contributed by atoms with Gasteiger partial charge in [-0.15, -0.1) is 0 Å². The summed E-state index contributed by atoms with van der Waals surface area (Å²) in [6.07, 6.45) is 13.7. The number of carboxylic acid groups (broad SMARTS) is 3. The minimum Gasteiger partial charge on any atom is -0.550 e. The van der Waals surface area contributed by atoms with Crippen molar-refractivity contribution in [3.63, 3.8) is 0 Å². The smallest absolute Gasteiger partial charge is 0.550 e. The van der Waals surface area contributed by atoms with Crippen molar-refractivity contribution in [3.05, 3.63) is 0 Å². The SMILES string of the molecule is CCCCC(C)(CCC)C(=O)[O-].CCCCCC(C)(CC)C(=O)[O-].CCCCCC(C)(CC)C(=O)[O-].[Tb+3]. The van der Waals surface area contributed by atoms with Gasteiger partial charge in [0, 0.05) is 34.2 Å². The van der Waals surface area contributed by atoms with Crippen LogP contribution in [0.5, 0.6) is 0 Å². The van der Waals surface area contributed by atoms with Crippen LogP contribution in [0, 0.1) is 54.9 Å². The Bertz CT molecular complexity index is 563. The second-order valence-corrected chi connectivity index (χ2v) is 11.0. The molecule has 0 saturated carbocycles. The summed E-state index contributed by atoms with van der Waals surface area (Å²) in [5.41, 5.74) is -1.80. The first-order valence-electron chi connectivity index (χ1n) is 14.3. The van der Waals surface area contributed by atoms with Gasteiger partial charge in [0.2, 0.25) is 0 Å². The number of rotatable bonds is 18. The van der Waals surface area contributed by atoms with E-state index in [1.807, 2.05) is 20.8 Å². The summed E-state index contributed by atoms with van der Waals surface area (Å²) in [7, 11) is 0. The van der Waals surface area contributed by atoms with Crippen molar-refractivity contribution in [2.45, 2.75) is 159 Å². The van der Waals surface area contributed by atoms with E-state index in [9.17, 15) is 29.7 Å². The summed E-state index contributed by atoms with van der Waals surface area (Å²) >= 11 is 0. The molecule has 0 aliphatic carbocycles. The van der Waals surface area contributed by atoms with Crippen LogP contribution >= 0.6 is 0 Å². The second-order valence-electron chi connectivity index (χ2n) is 11.0. The maximum atomic E-state index is 10.8. The van der Waals surface area contributed by atoms with Crippen molar-refractivity contribution in [3.8, 4) is 0 Å². The Morgan fingerprint density at radius 3 is 0.973 bits per heavy atom. The number of hydrogen-bond acceptors (Lipinski definition) is 6. The van der Waals surface area contributed by atoms with Crippen LogP contribution in [0.2, 0.25) is 0 Å². The molecule has 0 spiro atoms. The van der Waals surface area contributed by atoms with E-state index in [0.29, 0.717) is 12.8 Å². The van der Waals surface area contributed by atoms with E-state index in [2.05, 4.69) is 20.8 Å². The third kappa shape index (κ3) is 20.3. The van der Waals surface area contributed by atoms with E-state index in [1.54, 1.807) is 20.8 Å². The number of carbonyl (C=O) groups excluding carboxylic acids is 3. The minimum atomic E-state index is -0.902. The van der Waals surface area contributed by atoms with Gasteiger partial charge >= 0.3 is 38.6 Å². The maximum Gasteiger partial charge on any atom is 3.00 e. The van der Waals surface area contributed by atoms with Gasteiger partial charge in [-0.05, 0) is 38.5 Å². The first-order valence-corrected chi connectivity index (χ1v) is 14.3. The molecule has 0 aromatic carbocycles. The Hall–Kier alpha value is -0.304. The van der Waals surface area contributed by atoms with Crippen molar-refractivity contribution in [1.82, 2.24) is 0 Å². The number of carbonyl (C=O) groups is 3. The molecule has 0 aromatic heterocycles. The molecule has 0 bridgehead atoms. The molecule has 0 aliphatic heterocycles. The van der Waals surface area contributed by atoms with Crippen LogP contribution in [0.1, 0.15) is 159 Å². The molecule has 0 N–H and O–H groups in total. The molecule has 3 unspecified atom stereocenters. The molecule has 0 aromatic rings. The van der Waals surface area contributed by atoms with E-state index >= 15 is 0 Å². The van der Waals surface area contributed by atoms with Crippen LogP contribution in [0.15, 0.2) is 0 Å². The van der Waals surface area contributed by atoms with Crippen molar-refractivity contribution in [2.24, 2.45) is 16.2 Å². The predicted molar refractivity (Wildman–Crippen MR) is 143 cm³/mol. The normalized spacial score (nSPS) is 15.2. The van der Waals surface area contributed by atoms with Gasteiger partial charge in [0.05, 0.1) is 0 Å². The number of aliphatic carboxylic acids is 3. The van der Waals surface area contributed by atoms with Gasteiger partial charge in [-0.3, -0.25) is 0 Å². The summed E-state index contributed by atoms with van der Waals surface area (Å²) in [5, 5.41) is 32.3. The second kappa shape index (κ2) is 24.7. The van der Waals surface area contributed by atoms with Crippen LogP contribution in [0.3, 0.4) is 0 Å². The summed E-state index contributed by atoms with van der Waals surface area (Å²) in [6.45, 7) is 17.5. The molecule has 0 aliphatic rings. The van der Waals surface area contributed by atoms with E-state index in [1.165, 1.54) is 0 Å². The van der Waals surface area contributed by atoms with Gasteiger partial charge in [-0.25, -0.2) is 0 Å².